The van der Waals surface area contributed by atoms with E-state index in [1.807, 2.05) is 16.7 Å². The van der Waals surface area contributed by atoms with Gasteiger partial charge in [-0.25, -0.2) is 0 Å². The largest absolute Gasteiger partial charge is 0.392 e. The third-order valence-corrected chi connectivity index (χ3v) is 3.06. The average Bonchev–Trinajstić information content (AvgIpc) is 3.02. The Labute approximate surface area is 109 Å². The highest BCUT2D eigenvalue weighted by Crippen LogP contribution is 2.26. The van der Waals surface area contributed by atoms with Gasteiger partial charge >= 0.3 is 0 Å². The van der Waals surface area contributed by atoms with Gasteiger partial charge in [-0.3, -0.25) is 9.69 Å². The number of likely N-dealkylation sites (N-methyl/N-ethyl adjacent to an activating group) is 1. The Morgan fingerprint density at radius 1 is 1.35 bits per heavy atom. The average molecular weight is 257 g/mol. The molecule has 0 bridgehead atoms. The molecule has 0 unspecified atom stereocenters. The van der Waals surface area contributed by atoms with Crippen molar-refractivity contribution in [2.45, 2.75) is 39.2 Å². The number of nitrogens with zero attached hydrogens (tertiary/aromatic N) is 2. The summed E-state index contributed by atoms with van der Waals surface area (Å²) >= 11 is 4.91. The Morgan fingerprint density at radius 2 is 2.00 bits per heavy atom. The molecule has 98 valence electrons. The fourth-order valence-corrected chi connectivity index (χ4v) is 2.24. The van der Waals surface area contributed by atoms with E-state index >= 15 is 0 Å². The summed E-state index contributed by atoms with van der Waals surface area (Å²) in [6.07, 6.45) is 3.32. The monoisotopic (exact) mass is 257 g/mol. The highest BCUT2D eigenvalue weighted by Gasteiger charge is 2.31. The number of rotatable bonds is 8. The zero-order valence-corrected chi connectivity index (χ0v) is 11.6. The van der Waals surface area contributed by atoms with Crippen molar-refractivity contribution in [2.75, 3.05) is 26.2 Å². The third-order valence-electron chi connectivity index (χ3n) is 2.93. The Balaban J connectivity index is 2.46. The maximum absolute atomic E-state index is 12.1. The molecule has 0 radical (unpaired) electrons. The zero-order valence-electron chi connectivity index (χ0n) is 10.8. The molecule has 5 heteroatoms. The molecular weight excluding hydrogens is 234 g/mol. The van der Waals surface area contributed by atoms with E-state index in [0.717, 1.165) is 32.4 Å². The number of carbonyl (C=O) groups is 1. The molecule has 1 saturated carbocycles. The molecule has 2 N–H and O–H groups in total. The van der Waals surface area contributed by atoms with Crippen LogP contribution in [0.25, 0.3) is 0 Å². The molecule has 1 amide bonds. The van der Waals surface area contributed by atoms with Crippen molar-refractivity contribution < 1.29 is 4.79 Å². The number of nitrogens with two attached hydrogens (primary N) is 1. The Hall–Kier alpha value is -0.680. The number of hydrogen-bond acceptors (Lipinski definition) is 3. The molecule has 0 atom stereocenters. The fraction of sp³-hybridized carbons (Fsp3) is 0.833. The molecule has 0 aromatic rings. The summed E-state index contributed by atoms with van der Waals surface area (Å²) < 4.78 is 0. The van der Waals surface area contributed by atoms with Crippen molar-refractivity contribution in [2.24, 2.45) is 5.73 Å². The van der Waals surface area contributed by atoms with Gasteiger partial charge in [-0.05, 0) is 32.7 Å². The van der Waals surface area contributed by atoms with Gasteiger partial charge in [0.1, 0.15) is 0 Å². The molecule has 1 aliphatic carbocycles. The van der Waals surface area contributed by atoms with E-state index in [-0.39, 0.29) is 5.91 Å². The molecular formula is C12H23N3OS. The fourth-order valence-electron chi connectivity index (χ4n) is 2.06. The summed E-state index contributed by atoms with van der Waals surface area (Å²) in [6, 6.07) is 0.487. The first-order valence-corrected chi connectivity index (χ1v) is 6.79. The van der Waals surface area contributed by atoms with Gasteiger partial charge in [-0.15, -0.1) is 0 Å². The second kappa shape index (κ2) is 6.91. The van der Waals surface area contributed by atoms with Gasteiger partial charge in [0.25, 0.3) is 0 Å². The van der Waals surface area contributed by atoms with Gasteiger partial charge in [0.2, 0.25) is 5.91 Å². The van der Waals surface area contributed by atoms with E-state index in [1.54, 1.807) is 0 Å². The van der Waals surface area contributed by atoms with Crippen LogP contribution < -0.4 is 5.73 Å². The predicted octanol–water partition coefficient (Wildman–Crippen LogP) is 0.995. The summed E-state index contributed by atoms with van der Waals surface area (Å²) in [6.45, 7) is 6.78. The van der Waals surface area contributed by atoms with Crippen LogP contribution in [0.2, 0.25) is 0 Å². The molecule has 4 nitrogen and oxygen atoms in total. The van der Waals surface area contributed by atoms with Crippen LogP contribution in [0.5, 0.6) is 0 Å². The van der Waals surface area contributed by atoms with Crippen LogP contribution in [0.4, 0.5) is 0 Å². The first kappa shape index (κ1) is 14.4. The lowest BCUT2D eigenvalue weighted by Gasteiger charge is -2.26. The Bertz CT molecular complexity index is 279. The Morgan fingerprint density at radius 3 is 2.41 bits per heavy atom. The molecule has 1 fully saturated rings. The molecule has 17 heavy (non-hydrogen) atoms. The predicted molar refractivity (Wildman–Crippen MR) is 73.9 cm³/mol. The minimum Gasteiger partial charge on any atom is -0.392 e. The molecule has 0 spiro atoms. The summed E-state index contributed by atoms with van der Waals surface area (Å²) in [5, 5.41) is 0. The van der Waals surface area contributed by atoms with Crippen molar-refractivity contribution in [3.05, 3.63) is 0 Å². The van der Waals surface area contributed by atoms with Crippen LogP contribution in [0.15, 0.2) is 0 Å². The highest BCUT2D eigenvalue weighted by atomic mass is 32.1. The second-order valence-corrected chi connectivity index (χ2v) is 5.11. The van der Waals surface area contributed by atoms with E-state index in [4.69, 9.17) is 18.0 Å². The van der Waals surface area contributed by atoms with Crippen molar-refractivity contribution >= 4 is 23.1 Å². The highest BCUT2D eigenvalue weighted by molar-refractivity contribution is 7.80. The molecule has 1 aliphatic rings. The summed E-state index contributed by atoms with van der Waals surface area (Å²) in [5.41, 5.74) is 5.54. The van der Waals surface area contributed by atoms with Crippen LogP contribution in [-0.2, 0) is 4.79 Å². The summed E-state index contributed by atoms with van der Waals surface area (Å²) in [4.78, 5) is 16.6. The lowest BCUT2D eigenvalue weighted by atomic mass is 10.3. The van der Waals surface area contributed by atoms with E-state index in [9.17, 15) is 4.79 Å². The maximum atomic E-state index is 12.1. The number of thiocarbonyl (C=S) groups is 1. The molecule has 0 aromatic carbocycles. The van der Waals surface area contributed by atoms with Crippen LogP contribution in [0.1, 0.15) is 33.1 Å². The minimum absolute atomic E-state index is 0.208. The van der Waals surface area contributed by atoms with Crippen LogP contribution in [0.3, 0.4) is 0 Å². The lowest BCUT2D eigenvalue weighted by Crippen LogP contribution is -2.44. The first-order valence-electron chi connectivity index (χ1n) is 6.38. The van der Waals surface area contributed by atoms with Gasteiger partial charge in [-0.2, -0.15) is 0 Å². The van der Waals surface area contributed by atoms with E-state index in [2.05, 4.69) is 6.92 Å². The van der Waals surface area contributed by atoms with Gasteiger partial charge in [0.15, 0.2) is 0 Å². The maximum Gasteiger partial charge on any atom is 0.236 e. The number of carbonyl (C=O) groups excluding carboxylic acids is 1. The third kappa shape index (κ3) is 5.00. The molecule has 1 rings (SSSR count). The van der Waals surface area contributed by atoms with Gasteiger partial charge < -0.3 is 10.6 Å². The van der Waals surface area contributed by atoms with Gasteiger partial charge in [0, 0.05) is 19.1 Å². The smallest absolute Gasteiger partial charge is 0.236 e. The first-order chi connectivity index (χ1) is 8.08. The molecule has 0 heterocycles. The number of hydrogen-bond donors (Lipinski definition) is 1. The normalized spacial score (nSPS) is 15.0. The van der Waals surface area contributed by atoms with Crippen molar-refractivity contribution in [1.82, 2.24) is 9.80 Å². The van der Waals surface area contributed by atoms with E-state index in [1.165, 1.54) is 0 Å². The number of amides is 1. The van der Waals surface area contributed by atoms with Crippen LogP contribution in [0, 0.1) is 0 Å². The SMILES string of the molecule is CCCN(CC(=O)N(CC)C1CC1)CC(N)=S. The lowest BCUT2D eigenvalue weighted by molar-refractivity contribution is -0.132. The van der Waals surface area contributed by atoms with Gasteiger partial charge in [0.05, 0.1) is 11.5 Å². The second-order valence-electron chi connectivity index (χ2n) is 4.59. The van der Waals surface area contributed by atoms with E-state index < -0.39 is 0 Å². The van der Waals surface area contributed by atoms with Gasteiger partial charge in [-0.1, -0.05) is 19.1 Å². The zero-order chi connectivity index (χ0) is 12.8. The minimum atomic E-state index is 0.208. The topological polar surface area (TPSA) is 49.6 Å². The molecule has 0 aliphatic heterocycles. The molecule has 0 saturated heterocycles. The van der Waals surface area contributed by atoms with Crippen molar-refractivity contribution in [1.29, 1.82) is 0 Å². The summed E-state index contributed by atoms with van der Waals surface area (Å²) in [7, 11) is 0. The van der Waals surface area contributed by atoms with Crippen LogP contribution in [-0.4, -0.2) is 52.9 Å². The van der Waals surface area contributed by atoms with Crippen molar-refractivity contribution in [3.63, 3.8) is 0 Å². The Kier molecular flexibility index (Phi) is 5.85. The van der Waals surface area contributed by atoms with Crippen LogP contribution >= 0.6 is 12.2 Å². The van der Waals surface area contributed by atoms with E-state index in [0.29, 0.717) is 24.1 Å². The molecule has 0 aromatic heterocycles. The summed E-state index contributed by atoms with van der Waals surface area (Å²) in [5.74, 6) is 0.208. The van der Waals surface area contributed by atoms with Crippen molar-refractivity contribution in [3.8, 4) is 0 Å². The quantitative estimate of drug-likeness (QED) is 0.659. The standard InChI is InChI=1S/C12H23N3OS/c1-3-7-14(8-11(13)17)9-12(16)15(4-2)10-5-6-10/h10H,3-9H2,1-2H3,(H2,13,17).